The lowest BCUT2D eigenvalue weighted by Crippen LogP contribution is -2.51. The Morgan fingerprint density at radius 2 is 2.33 bits per heavy atom. The zero-order valence-electron chi connectivity index (χ0n) is 10.8. The molecule has 100 valence electrons. The molecule has 2 aliphatic heterocycles. The summed E-state index contributed by atoms with van der Waals surface area (Å²) in [5.41, 5.74) is -0.553. The van der Waals surface area contributed by atoms with E-state index in [0.717, 1.165) is 19.3 Å². The van der Waals surface area contributed by atoms with Crippen LogP contribution in [0.3, 0.4) is 0 Å². The van der Waals surface area contributed by atoms with Gasteiger partial charge in [-0.3, -0.25) is 0 Å². The molecule has 2 saturated heterocycles. The largest absolute Gasteiger partial charge is 0.393 e. The number of aliphatic hydroxyl groups excluding tert-OH is 1. The Morgan fingerprint density at radius 1 is 1.50 bits per heavy atom. The van der Waals surface area contributed by atoms with E-state index < -0.39 is 5.60 Å². The second kappa shape index (κ2) is 5.83. The van der Waals surface area contributed by atoms with Crippen LogP contribution in [-0.2, 0) is 9.47 Å². The van der Waals surface area contributed by atoms with Gasteiger partial charge >= 0.3 is 0 Å². The third-order valence-electron chi connectivity index (χ3n) is 3.88. The van der Waals surface area contributed by atoms with Crippen LogP contribution in [0.15, 0.2) is 12.2 Å². The molecule has 0 radical (unpaired) electrons. The Kier molecular flexibility index (Phi) is 4.39. The van der Waals surface area contributed by atoms with Crippen LogP contribution in [-0.4, -0.2) is 35.6 Å². The monoisotopic (exact) mass is 251 g/mol. The predicted molar refractivity (Wildman–Crippen MR) is 66.9 cm³/mol. The van der Waals surface area contributed by atoms with Crippen LogP contribution in [0.2, 0.25) is 0 Å². The third kappa shape index (κ3) is 2.59. The number of nitrogens with zero attached hydrogens (tertiary/aromatic N) is 1. The van der Waals surface area contributed by atoms with Crippen LogP contribution >= 0.6 is 0 Å². The van der Waals surface area contributed by atoms with Crippen LogP contribution in [0.1, 0.15) is 39.0 Å². The van der Waals surface area contributed by atoms with E-state index in [1.807, 2.05) is 19.1 Å². The summed E-state index contributed by atoms with van der Waals surface area (Å²) >= 11 is 0. The van der Waals surface area contributed by atoms with Crippen LogP contribution in [0, 0.1) is 11.3 Å². The van der Waals surface area contributed by atoms with Crippen molar-refractivity contribution in [3.63, 3.8) is 0 Å². The molecule has 0 aromatic heterocycles. The van der Waals surface area contributed by atoms with E-state index >= 15 is 0 Å². The Morgan fingerprint density at radius 3 is 3.00 bits per heavy atom. The van der Waals surface area contributed by atoms with Crippen molar-refractivity contribution in [3.05, 3.63) is 12.2 Å². The molecule has 0 amide bonds. The number of allylic oxidation sites excluding steroid dienone is 1. The molecule has 4 atom stereocenters. The first kappa shape index (κ1) is 13.5. The van der Waals surface area contributed by atoms with Gasteiger partial charge in [-0.1, -0.05) is 12.2 Å². The Balaban J connectivity index is 2.03. The zero-order chi connectivity index (χ0) is 13.0. The number of hydrogen-bond donors (Lipinski definition) is 1. The van der Waals surface area contributed by atoms with Gasteiger partial charge in [0.1, 0.15) is 5.60 Å². The normalized spacial score (nSPS) is 39.7. The fourth-order valence-electron chi connectivity index (χ4n) is 3.00. The van der Waals surface area contributed by atoms with Crippen LogP contribution in [0.25, 0.3) is 0 Å². The highest BCUT2D eigenvalue weighted by molar-refractivity contribution is 5.06. The van der Waals surface area contributed by atoms with Gasteiger partial charge in [-0.25, -0.2) is 0 Å². The molecule has 2 rings (SSSR count). The summed E-state index contributed by atoms with van der Waals surface area (Å²) in [7, 11) is 0. The van der Waals surface area contributed by atoms with E-state index in [-0.39, 0.29) is 24.9 Å². The quantitative estimate of drug-likeness (QED) is 0.775. The summed E-state index contributed by atoms with van der Waals surface area (Å²) in [6.45, 7) is 1.96. The molecule has 18 heavy (non-hydrogen) atoms. The maximum Gasteiger partial charge on any atom is 0.120 e. The van der Waals surface area contributed by atoms with Gasteiger partial charge in [-0.15, -0.1) is 0 Å². The SMILES string of the molecule is C/C=C/C1CC2(CO)OC(CCC#N)CCC2O1. The molecule has 0 spiro atoms. The molecule has 2 fully saturated rings. The molecule has 0 bridgehead atoms. The average Bonchev–Trinajstić information content (AvgIpc) is 2.74. The zero-order valence-corrected chi connectivity index (χ0v) is 10.8. The van der Waals surface area contributed by atoms with Gasteiger partial charge in [0.05, 0.1) is 31.0 Å². The van der Waals surface area contributed by atoms with Gasteiger partial charge in [0, 0.05) is 12.8 Å². The minimum absolute atomic E-state index is 0.00518. The maximum absolute atomic E-state index is 9.69. The van der Waals surface area contributed by atoms with Crippen molar-refractivity contribution >= 4 is 0 Å². The van der Waals surface area contributed by atoms with Crippen molar-refractivity contribution < 1.29 is 14.6 Å². The highest BCUT2D eigenvalue weighted by Gasteiger charge is 2.52. The molecule has 0 aliphatic carbocycles. The number of rotatable bonds is 4. The van der Waals surface area contributed by atoms with E-state index in [1.165, 1.54) is 0 Å². The molecule has 1 N–H and O–H groups in total. The highest BCUT2D eigenvalue weighted by Crippen LogP contribution is 2.42. The summed E-state index contributed by atoms with van der Waals surface area (Å²) in [4.78, 5) is 0. The summed E-state index contributed by atoms with van der Waals surface area (Å²) in [5.74, 6) is 0. The van der Waals surface area contributed by atoms with Gasteiger partial charge in [-0.2, -0.15) is 5.26 Å². The molecule has 0 aromatic rings. The topological polar surface area (TPSA) is 62.5 Å². The first-order valence-corrected chi connectivity index (χ1v) is 6.68. The van der Waals surface area contributed by atoms with Gasteiger partial charge in [0.15, 0.2) is 0 Å². The Labute approximate surface area is 108 Å². The average molecular weight is 251 g/mol. The second-order valence-electron chi connectivity index (χ2n) is 5.13. The molecule has 0 aromatic carbocycles. The van der Waals surface area contributed by atoms with E-state index in [9.17, 15) is 5.11 Å². The molecule has 4 heteroatoms. The van der Waals surface area contributed by atoms with Crippen molar-refractivity contribution in [2.75, 3.05) is 6.61 Å². The first-order chi connectivity index (χ1) is 8.74. The Bertz CT molecular complexity index is 349. The highest BCUT2D eigenvalue weighted by atomic mass is 16.6. The molecule has 2 heterocycles. The van der Waals surface area contributed by atoms with E-state index in [4.69, 9.17) is 14.7 Å². The lowest BCUT2D eigenvalue weighted by molar-refractivity contribution is -0.182. The number of hydrogen-bond acceptors (Lipinski definition) is 4. The second-order valence-corrected chi connectivity index (χ2v) is 5.13. The van der Waals surface area contributed by atoms with Crippen molar-refractivity contribution in [1.82, 2.24) is 0 Å². The fraction of sp³-hybridized carbons (Fsp3) is 0.786. The lowest BCUT2D eigenvalue weighted by atomic mass is 9.86. The summed E-state index contributed by atoms with van der Waals surface area (Å²) in [5, 5.41) is 18.3. The summed E-state index contributed by atoms with van der Waals surface area (Å²) < 4.78 is 12.0. The minimum Gasteiger partial charge on any atom is -0.393 e. The summed E-state index contributed by atoms with van der Waals surface area (Å²) in [6, 6.07) is 2.15. The molecule has 4 unspecified atom stereocenters. The molecule has 0 saturated carbocycles. The van der Waals surface area contributed by atoms with Crippen molar-refractivity contribution in [1.29, 1.82) is 5.26 Å². The minimum atomic E-state index is -0.553. The van der Waals surface area contributed by atoms with Crippen LogP contribution in [0.4, 0.5) is 0 Å². The van der Waals surface area contributed by atoms with E-state index in [2.05, 4.69) is 6.07 Å². The summed E-state index contributed by atoms with van der Waals surface area (Å²) in [6.07, 6.45) is 7.90. The maximum atomic E-state index is 9.69. The third-order valence-corrected chi connectivity index (χ3v) is 3.88. The smallest absolute Gasteiger partial charge is 0.120 e. The number of fused-ring (bicyclic) bond motifs is 1. The number of ether oxygens (including phenoxy) is 2. The number of aliphatic hydroxyl groups is 1. The fourth-order valence-corrected chi connectivity index (χ4v) is 3.00. The van der Waals surface area contributed by atoms with Gasteiger partial charge < -0.3 is 14.6 Å². The lowest BCUT2D eigenvalue weighted by Gasteiger charge is -2.40. The van der Waals surface area contributed by atoms with Gasteiger partial charge in [0.25, 0.3) is 0 Å². The van der Waals surface area contributed by atoms with Crippen molar-refractivity contribution in [2.45, 2.75) is 62.9 Å². The van der Waals surface area contributed by atoms with E-state index in [1.54, 1.807) is 0 Å². The predicted octanol–water partition coefficient (Wildman–Crippen LogP) is 1.93. The van der Waals surface area contributed by atoms with Gasteiger partial charge in [-0.05, 0) is 26.2 Å². The van der Waals surface area contributed by atoms with E-state index in [0.29, 0.717) is 12.8 Å². The number of nitriles is 1. The van der Waals surface area contributed by atoms with Crippen LogP contribution < -0.4 is 0 Å². The molecule has 2 aliphatic rings. The first-order valence-electron chi connectivity index (χ1n) is 6.68. The van der Waals surface area contributed by atoms with Crippen molar-refractivity contribution in [2.24, 2.45) is 0 Å². The molecular formula is C14H21NO3. The molecular weight excluding hydrogens is 230 g/mol. The van der Waals surface area contributed by atoms with Crippen molar-refractivity contribution in [3.8, 4) is 6.07 Å². The Hall–Kier alpha value is -0.890. The van der Waals surface area contributed by atoms with Crippen LogP contribution in [0.5, 0.6) is 0 Å². The van der Waals surface area contributed by atoms with Gasteiger partial charge in [0.2, 0.25) is 0 Å². The standard InChI is InChI=1S/C14H21NO3/c1-2-4-12-9-14(10-16)13(17-12)7-6-11(18-14)5-3-8-15/h2,4,11-13,16H,3,5-7,9-10H2,1H3/b4-2+. The molecule has 4 nitrogen and oxygen atoms in total.